The van der Waals surface area contributed by atoms with E-state index in [1.54, 1.807) is 49.4 Å². The summed E-state index contributed by atoms with van der Waals surface area (Å²) in [7, 11) is 1.43. The topological polar surface area (TPSA) is 132 Å². The number of ether oxygens (including phenoxy) is 5. The van der Waals surface area contributed by atoms with Gasteiger partial charge in [-0.2, -0.15) is 0 Å². The lowest BCUT2D eigenvalue weighted by Crippen LogP contribution is -2.40. The number of aromatic nitrogens is 1. The average Bonchev–Trinajstić information content (AvgIpc) is 3.26. The zero-order valence-corrected chi connectivity index (χ0v) is 26.4. The number of carbonyl (C=O) groups is 3. The van der Waals surface area contributed by atoms with E-state index in [0.717, 1.165) is 11.3 Å². The van der Waals surface area contributed by atoms with Crippen LogP contribution in [0, 0.1) is 5.92 Å². The summed E-state index contributed by atoms with van der Waals surface area (Å²) in [5.74, 6) is -0.434. The number of nitrogens with zero attached hydrogens (tertiary/aromatic N) is 2. The number of hydrogen-bond donors (Lipinski definition) is 0. The SMILES string of the molecule is CCOc1cc(/C=c2/sc3n(c2=O)[C@@H](c2ccc(OC(C)=O)c(OC)c2)C(C(=O)OCC(C)C)=C(C)N=3)ccc1OC(C)=O. The second-order valence-electron chi connectivity index (χ2n) is 10.3. The molecule has 1 aliphatic rings. The average molecular weight is 623 g/mol. The fourth-order valence-electron chi connectivity index (χ4n) is 4.58. The quantitative estimate of drug-likeness (QED) is 0.245. The van der Waals surface area contributed by atoms with Crippen LogP contribution in [0.3, 0.4) is 0 Å². The van der Waals surface area contributed by atoms with Crippen molar-refractivity contribution in [3.8, 4) is 23.0 Å². The zero-order valence-electron chi connectivity index (χ0n) is 25.6. The molecule has 0 aliphatic carbocycles. The Morgan fingerprint density at radius 2 is 1.66 bits per heavy atom. The third kappa shape index (κ3) is 7.08. The molecule has 0 fully saturated rings. The lowest BCUT2D eigenvalue weighted by molar-refractivity contribution is -0.140. The van der Waals surface area contributed by atoms with Gasteiger partial charge in [-0.15, -0.1) is 0 Å². The lowest BCUT2D eigenvalue weighted by Gasteiger charge is -2.25. The molecule has 0 saturated carbocycles. The molecule has 0 spiro atoms. The van der Waals surface area contributed by atoms with Crippen molar-refractivity contribution in [3.63, 3.8) is 0 Å². The normalized spacial score (nSPS) is 14.5. The van der Waals surface area contributed by atoms with Gasteiger partial charge >= 0.3 is 17.9 Å². The van der Waals surface area contributed by atoms with Gasteiger partial charge in [0.1, 0.15) is 0 Å². The Labute approximate surface area is 258 Å². The summed E-state index contributed by atoms with van der Waals surface area (Å²) in [5, 5.41) is 0. The summed E-state index contributed by atoms with van der Waals surface area (Å²) in [6, 6.07) is 8.92. The van der Waals surface area contributed by atoms with Crippen LogP contribution in [0.4, 0.5) is 0 Å². The number of carbonyl (C=O) groups excluding carboxylic acids is 3. The van der Waals surface area contributed by atoms with Crippen molar-refractivity contribution in [1.29, 1.82) is 0 Å². The number of esters is 3. The molecule has 0 N–H and O–H groups in total. The summed E-state index contributed by atoms with van der Waals surface area (Å²) < 4.78 is 29.0. The molecule has 0 saturated heterocycles. The van der Waals surface area contributed by atoms with Gasteiger partial charge < -0.3 is 23.7 Å². The van der Waals surface area contributed by atoms with Crippen LogP contribution < -0.4 is 33.8 Å². The summed E-state index contributed by atoms with van der Waals surface area (Å²) in [5.41, 5.74) is 1.39. The number of benzene rings is 2. The first-order chi connectivity index (χ1) is 20.9. The molecule has 1 aromatic heterocycles. The molecule has 0 unspecified atom stereocenters. The Morgan fingerprint density at radius 3 is 2.27 bits per heavy atom. The van der Waals surface area contributed by atoms with Gasteiger partial charge in [0.2, 0.25) is 0 Å². The molecule has 44 heavy (non-hydrogen) atoms. The Balaban J connectivity index is 1.90. The maximum atomic E-state index is 14.0. The Hall–Kier alpha value is -4.71. The largest absolute Gasteiger partial charge is 0.493 e. The fourth-order valence-corrected chi connectivity index (χ4v) is 5.63. The molecule has 4 rings (SSSR count). The summed E-state index contributed by atoms with van der Waals surface area (Å²) in [6.45, 7) is 10.5. The summed E-state index contributed by atoms with van der Waals surface area (Å²) in [6.07, 6.45) is 1.68. The standard InChI is InChI=1S/C32H34N2O9S/c1-8-40-26-13-21(9-11-24(26)43-20(6)36)14-27-30(37)34-29(22-10-12-23(42-19(5)35)25(15-22)39-7)28(18(4)33-32(34)44-27)31(38)41-16-17(2)3/h9-15,17,29H,8,16H2,1-7H3/b27-14+/t29-/m0/s1. The van der Waals surface area contributed by atoms with Gasteiger partial charge in [-0.25, -0.2) is 9.79 Å². The molecule has 0 bridgehead atoms. The maximum absolute atomic E-state index is 14.0. The zero-order chi connectivity index (χ0) is 32.1. The van der Waals surface area contributed by atoms with Crippen molar-refractivity contribution >= 4 is 35.3 Å². The van der Waals surface area contributed by atoms with Gasteiger partial charge in [0.25, 0.3) is 5.56 Å². The number of hydrogen-bond acceptors (Lipinski definition) is 11. The van der Waals surface area contributed by atoms with Crippen LogP contribution in [0.5, 0.6) is 23.0 Å². The van der Waals surface area contributed by atoms with E-state index in [1.807, 2.05) is 20.8 Å². The van der Waals surface area contributed by atoms with Crippen molar-refractivity contribution in [2.24, 2.45) is 10.9 Å². The molecule has 12 heteroatoms. The lowest BCUT2D eigenvalue weighted by atomic mass is 9.95. The molecule has 232 valence electrons. The number of rotatable bonds is 10. The number of allylic oxidation sites excluding steroid dienone is 1. The van der Waals surface area contributed by atoms with E-state index in [9.17, 15) is 19.2 Å². The number of methoxy groups -OCH3 is 1. The minimum absolute atomic E-state index is 0.0939. The van der Waals surface area contributed by atoms with Gasteiger partial charge in [-0.3, -0.25) is 19.0 Å². The van der Waals surface area contributed by atoms with Gasteiger partial charge in [-0.05, 0) is 61.2 Å². The van der Waals surface area contributed by atoms with Gasteiger partial charge in [0, 0.05) is 13.8 Å². The molecule has 1 atom stereocenters. The van der Waals surface area contributed by atoms with Gasteiger partial charge in [-0.1, -0.05) is 37.3 Å². The van der Waals surface area contributed by atoms with Crippen LogP contribution in [-0.2, 0) is 19.1 Å². The number of thiazole rings is 1. The molecule has 1 aliphatic heterocycles. The van der Waals surface area contributed by atoms with E-state index < -0.39 is 23.9 Å². The highest BCUT2D eigenvalue weighted by molar-refractivity contribution is 7.07. The van der Waals surface area contributed by atoms with Crippen molar-refractivity contribution in [3.05, 3.63) is 78.5 Å². The Bertz CT molecular complexity index is 1820. The van der Waals surface area contributed by atoms with Crippen LogP contribution in [0.15, 0.2) is 57.5 Å². The van der Waals surface area contributed by atoms with Crippen molar-refractivity contribution in [1.82, 2.24) is 4.57 Å². The molecule has 3 aromatic rings. The Kier molecular flexibility index (Phi) is 10.0. The van der Waals surface area contributed by atoms with Crippen LogP contribution >= 0.6 is 11.3 Å². The van der Waals surface area contributed by atoms with Crippen molar-refractivity contribution < 1.29 is 38.1 Å². The molecular formula is C32H34N2O9S. The minimum Gasteiger partial charge on any atom is -0.493 e. The number of fused-ring (bicyclic) bond motifs is 1. The first-order valence-corrected chi connectivity index (χ1v) is 14.8. The van der Waals surface area contributed by atoms with E-state index in [2.05, 4.69) is 4.99 Å². The van der Waals surface area contributed by atoms with Crippen LogP contribution in [0.1, 0.15) is 58.7 Å². The van der Waals surface area contributed by atoms with Crippen molar-refractivity contribution in [2.75, 3.05) is 20.3 Å². The van der Waals surface area contributed by atoms with Crippen LogP contribution in [0.25, 0.3) is 6.08 Å². The molecule has 2 aromatic carbocycles. The summed E-state index contributed by atoms with van der Waals surface area (Å²) in [4.78, 5) is 55.7. The maximum Gasteiger partial charge on any atom is 0.338 e. The summed E-state index contributed by atoms with van der Waals surface area (Å²) >= 11 is 1.16. The first-order valence-electron chi connectivity index (χ1n) is 13.9. The predicted molar refractivity (Wildman–Crippen MR) is 163 cm³/mol. The Morgan fingerprint density at radius 1 is 1.00 bits per heavy atom. The first kappa shape index (κ1) is 32.2. The third-order valence-corrected chi connectivity index (χ3v) is 7.35. The van der Waals surface area contributed by atoms with E-state index in [0.29, 0.717) is 38.5 Å². The second-order valence-corrected chi connectivity index (χ2v) is 11.3. The van der Waals surface area contributed by atoms with Crippen LogP contribution in [0.2, 0.25) is 0 Å². The fraction of sp³-hybridized carbons (Fsp3) is 0.344. The van der Waals surface area contributed by atoms with E-state index in [-0.39, 0.29) is 40.9 Å². The van der Waals surface area contributed by atoms with Gasteiger partial charge in [0.15, 0.2) is 27.8 Å². The van der Waals surface area contributed by atoms with Crippen LogP contribution in [-0.4, -0.2) is 42.8 Å². The van der Waals surface area contributed by atoms with E-state index >= 15 is 0 Å². The highest BCUT2D eigenvalue weighted by Crippen LogP contribution is 2.36. The molecule has 0 radical (unpaired) electrons. The van der Waals surface area contributed by atoms with E-state index in [4.69, 9.17) is 23.7 Å². The van der Waals surface area contributed by atoms with E-state index in [1.165, 1.54) is 25.5 Å². The highest BCUT2D eigenvalue weighted by Gasteiger charge is 2.34. The molecular weight excluding hydrogens is 588 g/mol. The molecule has 0 amide bonds. The highest BCUT2D eigenvalue weighted by atomic mass is 32.1. The minimum atomic E-state index is -0.904. The molecule has 2 heterocycles. The van der Waals surface area contributed by atoms with Crippen molar-refractivity contribution in [2.45, 2.75) is 47.6 Å². The van der Waals surface area contributed by atoms with Gasteiger partial charge in [0.05, 0.1) is 42.2 Å². The second kappa shape index (κ2) is 13.7. The predicted octanol–water partition coefficient (Wildman–Crippen LogP) is 3.69. The third-order valence-electron chi connectivity index (χ3n) is 6.37. The smallest absolute Gasteiger partial charge is 0.338 e. The molecule has 11 nitrogen and oxygen atoms in total. The monoisotopic (exact) mass is 622 g/mol.